The van der Waals surface area contributed by atoms with Crippen LogP contribution in [0.1, 0.15) is 0 Å². The highest BCUT2D eigenvalue weighted by Gasteiger charge is 2.18. The summed E-state index contributed by atoms with van der Waals surface area (Å²) in [5, 5.41) is 7.52. The molecule has 0 unspecified atom stereocenters. The maximum absolute atomic E-state index is 5.02. The van der Waals surface area contributed by atoms with E-state index in [1.54, 1.807) is 0 Å². The molecule has 302 valence electrons. The summed E-state index contributed by atoms with van der Waals surface area (Å²) in [6, 6.07) is 90.1. The second-order valence-electron chi connectivity index (χ2n) is 15.8. The molecule has 11 aromatic rings. The average molecular weight is 819 g/mol. The van der Waals surface area contributed by atoms with Crippen molar-refractivity contribution in [2.45, 2.75) is 0 Å². The van der Waals surface area contributed by atoms with Crippen molar-refractivity contribution in [2.75, 3.05) is 4.90 Å². The van der Waals surface area contributed by atoms with E-state index in [9.17, 15) is 0 Å². The monoisotopic (exact) mass is 818 g/mol. The lowest BCUT2D eigenvalue weighted by Gasteiger charge is -2.26. The van der Waals surface area contributed by atoms with E-state index in [1.165, 1.54) is 38.6 Å². The number of hydrogen-bond donors (Lipinski definition) is 0. The van der Waals surface area contributed by atoms with Gasteiger partial charge in [0.2, 0.25) is 0 Å². The minimum Gasteiger partial charge on any atom is -0.311 e. The molecule has 4 heteroatoms. The van der Waals surface area contributed by atoms with Crippen LogP contribution in [0.25, 0.3) is 83.7 Å². The lowest BCUT2D eigenvalue weighted by molar-refractivity contribution is 0.891. The molecule has 0 saturated carbocycles. The first kappa shape index (κ1) is 38.3. The molecule has 4 nitrogen and oxygen atoms in total. The number of nitrogens with zero attached hydrogens (tertiary/aromatic N) is 4. The topological polar surface area (TPSA) is 34.0 Å². The highest BCUT2D eigenvalue weighted by atomic mass is 15.4. The van der Waals surface area contributed by atoms with Crippen LogP contribution in [0.15, 0.2) is 255 Å². The van der Waals surface area contributed by atoms with E-state index in [0.717, 1.165) is 56.4 Å². The van der Waals surface area contributed by atoms with Gasteiger partial charge in [0.05, 0.1) is 5.69 Å². The van der Waals surface area contributed by atoms with Crippen molar-refractivity contribution < 1.29 is 0 Å². The van der Waals surface area contributed by atoms with Gasteiger partial charge in [-0.1, -0.05) is 206 Å². The van der Waals surface area contributed by atoms with Crippen molar-refractivity contribution in [3.8, 4) is 73.0 Å². The van der Waals surface area contributed by atoms with Gasteiger partial charge >= 0.3 is 0 Å². The van der Waals surface area contributed by atoms with Crippen LogP contribution >= 0.6 is 0 Å². The number of benzene rings is 10. The Morgan fingerprint density at radius 2 is 0.719 bits per heavy atom. The molecular weight excluding hydrogens is 777 g/mol. The third-order valence-corrected chi connectivity index (χ3v) is 11.9. The van der Waals surface area contributed by atoms with Crippen molar-refractivity contribution in [1.82, 2.24) is 14.8 Å². The summed E-state index contributed by atoms with van der Waals surface area (Å²) < 4.78 is 1.95. The van der Waals surface area contributed by atoms with Gasteiger partial charge < -0.3 is 4.90 Å². The smallest absolute Gasteiger partial charge is 0.182 e. The van der Waals surface area contributed by atoms with E-state index in [2.05, 4.69) is 211 Å². The summed E-state index contributed by atoms with van der Waals surface area (Å²) in [5.41, 5.74) is 15.6. The Hall–Kier alpha value is -8.60. The maximum atomic E-state index is 5.02. The Balaban J connectivity index is 0.916. The van der Waals surface area contributed by atoms with Crippen LogP contribution in [-0.2, 0) is 0 Å². The van der Waals surface area contributed by atoms with Crippen molar-refractivity contribution in [3.63, 3.8) is 0 Å². The Morgan fingerprint density at radius 3 is 1.31 bits per heavy atom. The number of aromatic nitrogens is 3. The molecule has 0 aliphatic heterocycles. The van der Waals surface area contributed by atoms with Gasteiger partial charge in [0.15, 0.2) is 11.6 Å². The van der Waals surface area contributed by atoms with Gasteiger partial charge in [-0.3, -0.25) is 0 Å². The quantitative estimate of drug-likeness (QED) is 0.138. The molecule has 1 aromatic heterocycles. The molecule has 10 aromatic carbocycles. The lowest BCUT2D eigenvalue weighted by Crippen LogP contribution is -2.09. The van der Waals surface area contributed by atoms with Crippen molar-refractivity contribution >= 4 is 27.8 Å². The zero-order valence-corrected chi connectivity index (χ0v) is 35.0. The van der Waals surface area contributed by atoms with Crippen LogP contribution in [0, 0.1) is 0 Å². The van der Waals surface area contributed by atoms with E-state index in [0.29, 0.717) is 5.82 Å². The maximum Gasteiger partial charge on any atom is 0.182 e. The minimum absolute atomic E-state index is 0.692. The second kappa shape index (κ2) is 17.0. The SMILES string of the molecule is c1ccc(-c2nc(-c3ccccc3)n(-c3ccc(-c4ccccc4-c4ccccc4-c4ccc(N(c5ccccc5)c5ccc(-c6cccc7ccccc67)cc5)cc4)cc3)n2)cc1. The summed E-state index contributed by atoms with van der Waals surface area (Å²) in [6.07, 6.45) is 0. The van der Waals surface area contributed by atoms with Crippen LogP contribution in [0.3, 0.4) is 0 Å². The molecule has 0 aliphatic carbocycles. The predicted octanol–water partition coefficient (Wildman–Crippen LogP) is 15.9. The molecule has 64 heavy (non-hydrogen) atoms. The van der Waals surface area contributed by atoms with Crippen molar-refractivity contribution in [2.24, 2.45) is 0 Å². The molecule has 0 bridgehead atoms. The third kappa shape index (κ3) is 7.44. The fourth-order valence-corrected chi connectivity index (χ4v) is 8.78. The Bertz CT molecular complexity index is 3340. The van der Waals surface area contributed by atoms with Gasteiger partial charge in [0.1, 0.15) is 0 Å². The molecule has 0 fully saturated rings. The normalized spacial score (nSPS) is 11.1. The summed E-state index contributed by atoms with van der Waals surface area (Å²) in [6.45, 7) is 0. The van der Waals surface area contributed by atoms with E-state index >= 15 is 0 Å². The molecule has 0 atom stereocenters. The van der Waals surface area contributed by atoms with Gasteiger partial charge in [0, 0.05) is 28.2 Å². The molecule has 11 rings (SSSR count). The summed E-state index contributed by atoms with van der Waals surface area (Å²) in [5.74, 6) is 1.49. The molecule has 0 radical (unpaired) electrons. The minimum atomic E-state index is 0.692. The van der Waals surface area contributed by atoms with Gasteiger partial charge in [0.25, 0.3) is 0 Å². The Labute approximate surface area is 373 Å². The molecule has 0 amide bonds. The zero-order chi connectivity index (χ0) is 42.7. The number of rotatable bonds is 10. The second-order valence-corrected chi connectivity index (χ2v) is 15.8. The number of hydrogen-bond acceptors (Lipinski definition) is 3. The van der Waals surface area contributed by atoms with Crippen LogP contribution in [0.4, 0.5) is 17.1 Å². The molecule has 0 N–H and O–H groups in total. The third-order valence-electron chi connectivity index (χ3n) is 11.9. The highest BCUT2D eigenvalue weighted by molar-refractivity contribution is 5.97. The van der Waals surface area contributed by atoms with Gasteiger partial charge in [-0.15, -0.1) is 5.10 Å². The number of para-hydroxylation sites is 1. The fourth-order valence-electron chi connectivity index (χ4n) is 8.78. The highest BCUT2D eigenvalue weighted by Crippen LogP contribution is 2.41. The Morgan fingerprint density at radius 1 is 0.297 bits per heavy atom. The summed E-state index contributed by atoms with van der Waals surface area (Å²) >= 11 is 0. The van der Waals surface area contributed by atoms with Crippen LogP contribution in [0.5, 0.6) is 0 Å². The summed E-state index contributed by atoms with van der Waals surface area (Å²) in [4.78, 5) is 7.34. The first-order valence-corrected chi connectivity index (χ1v) is 21.7. The van der Waals surface area contributed by atoms with Gasteiger partial charge in [-0.2, -0.15) is 0 Å². The first-order valence-electron chi connectivity index (χ1n) is 21.7. The number of anilines is 3. The van der Waals surface area contributed by atoms with Gasteiger partial charge in [-0.25, -0.2) is 9.67 Å². The van der Waals surface area contributed by atoms with E-state index < -0.39 is 0 Å². The molecule has 0 saturated heterocycles. The lowest BCUT2D eigenvalue weighted by atomic mass is 9.89. The van der Waals surface area contributed by atoms with E-state index in [-0.39, 0.29) is 0 Å². The molecular formula is C60H42N4. The van der Waals surface area contributed by atoms with Crippen molar-refractivity contribution in [1.29, 1.82) is 0 Å². The fraction of sp³-hybridized carbons (Fsp3) is 0. The first-order chi connectivity index (χ1) is 31.7. The average Bonchev–Trinajstić information content (AvgIpc) is 3.84. The van der Waals surface area contributed by atoms with E-state index in [4.69, 9.17) is 10.1 Å². The number of fused-ring (bicyclic) bond motifs is 1. The summed E-state index contributed by atoms with van der Waals surface area (Å²) in [7, 11) is 0. The van der Waals surface area contributed by atoms with Crippen LogP contribution < -0.4 is 4.90 Å². The predicted molar refractivity (Wildman–Crippen MR) is 266 cm³/mol. The standard InChI is InChI=1S/C60H42N4/c1-4-18-47(19-5-1)59-61-60(48-20-6-2-7-21-48)64(62-59)52-41-35-46(36-42-52)56-27-13-15-29-58(56)57-28-14-12-26-55(57)45-33-39-51(40-34-45)63(49-23-8-3-9-24-49)50-37-31-44(32-38-50)54-30-16-22-43-17-10-11-25-53(43)54/h1-42H. The van der Waals surface area contributed by atoms with Crippen LogP contribution in [-0.4, -0.2) is 14.8 Å². The van der Waals surface area contributed by atoms with Crippen LogP contribution in [0.2, 0.25) is 0 Å². The van der Waals surface area contributed by atoms with E-state index in [1.807, 2.05) is 53.2 Å². The molecule has 1 heterocycles. The molecule has 0 aliphatic rings. The Kier molecular flexibility index (Phi) is 10.2. The molecule has 0 spiro atoms. The van der Waals surface area contributed by atoms with Gasteiger partial charge in [-0.05, 0) is 104 Å². The largest absolute Gasteiger partial charge is 0.311 e. The van der Waals surface area contributed by atoms with Crippen molar-refractivity contribution in [3.05, 3.63) is 255 Å². The zero-order valence-electron chi connectivity index (χ0n) is 35.0.